The maximum Gasteiger partial charge on any atom is 0.255 e. The monoisotopic (exact) mass is 526 g/mol. The molecule has 37 heavy (non-hydrogen) atoms. The van der Waals surface area contributed by atoms with Crippen LogP contribution in [0.5, 0.6) is 5.75 Å². The molecule has 3 heterocycles. The van der Waals surface area contributed by atoms with Crippen LogP contribution in [0.25, 0.3) is 0 Å². The number of amides is 3. The molecule has 3 aliphatic rings. The Hall–Kier alpha value is -3.28. The highest BCUT2D eigenvalue weighted by Crippen LogP contribution is 2.31. The highest BCUT2D eigenvalue weighted by Gasteiger charge is 2.39. The minimum absolute atomic E-state index is 0.195. The molecule has 2 saturated heterocycles. The van der Waals surface area contributed by atoms with Gasteiger partial charge in [-0.2, -0.15) is 0 Å². The van der Waals surface area contributed by atoms with Crippen LogP contribution in [0.15, 0.2) is 48.5 Å². The van der Waals surface area contributed by atoms with E-state index < -0.39 is 34.1 Å². The Morgan fingerprint density at radius 2 is 1.86 bits per heavy atom. The van der Waals surface area contributed by atoms with E-state index >= 15 is 0 Å². The summed E-state index contributed by atoms with van der Waals surface area (Å²) in [6.45, 7) is 2.22. The fourth-order valence-corrected chi connectivity index (χ4v) is 6.11. The first-order chi connectivity index (χ1) is 17.7. The average molecular weight is 527 g/mol. The molecule has 2 aromatic rings. The molecule has 3 amide bonds. The second kappa shape index (κ2) is 10.2. The standard InChI is InChI=1S/C26H30N4O6S/c1-37(34,35)28-21-11-12-29(14-17-5-3-2-4-6-17)16-23(21)36-19-7-8-20-18(13-19)15-30(26(20)33)22-9-10-24(31)27-25(22)32/h2-8,13,21-23,28H,9-12,14-16H2,1H3,(H,27,31,32)/t21-,22?,23-/m1/s1. The van der Waals surface area contributed by atoms with Gasteiger partial charge in [-0.05, 0) is 42.2 Å². The number of carbonyl (C=O) groups excluding carboxylic acids is 3. The van der Waals surface area contributed by atoms with Crippen molar-refractivity contribution in [2.45, 2.75) is 50.5 Å². The molecule has 1 unspecified atom stereocenters. The topological polar surface area (TPSA) is 125 Å². The number of imide groups is 1. The quantitative estimate of drug-likeness (QED) is 0.516. The molecule has 3 atom stereocenters. The number of rotatable bonds is 7. The van der Waals surface area contributed by atoms with Crippen molar-refractivity contribution in [1.82, 2.24) is 19.8 Å². The van der Waals surface area contributed by atoms with Gasteiger partial charge in [-0.3, -0.25) is 24.6 Å². The van der Waals surface area contributed by atoms with E-state index in [4.69, 9.17) is 4.74 Å². The molecule has 5 rings (SSSR count). The van der Waals surface area contributed by atoms with Gasteiger partial charge in [-0.15, -0.1) is 0 Å². The molecule has 3 aliphatic heterocycles. The Balaban J connectivity index is 1.32. The van der Waals surface area contributed by atoms with E-state index in [0.29, 0.717) is 30.7 Å². The summed E-state index contributed by atoms with van der Waals surface area (Å²) in [6.07, 6.45) is 1.79. The van der Waals surface area contributed by atoms with Crippen LogP contribution in [0.4, 0.5) is 0 Å². The van der Waals surface area contributed by atoms with Gasteiger partial charge in [-0.1, -0.05) is 30.3 Å². The van der Waals surface area contributed by atoms with Gasteiger partial charge < -0.3 is 9.64 Å². The van der Waals surface area contributed by atoms with Crippen LogP contribution in [-0.2, 0) is 32.7 Å². The lowest BCUT2D eigenvalue weighted by Crippen LogP contribution is -2.55. The van der Waals surface area contributed by atoms with Gasteiger partial charge in [0.2, 0.25) is 21.8 Å². The lowest BCUT2D eigenvalue weighted by molar-refractivity contribution is -0.136. The summed E-state index contributed by atoms with van der Waals surface area (Å²) in [7, 11) is -3.43. The normalized spacial score (nSPS) is 24.6. The van der Waals surface area contributed by atoms with Crippen molar-refractivity contribution < 1.29 is 27.5 Å². The van der Waals surface area contributed by atoms with E-state index in [1.807, 2.05) is 18.2 Å². The number of sulfonamides is 1. The van der Waals surface area contributed by atoms with E-state index in [1.54, 1.807) is 18.2 Å². The second-order valence-electron chi connectivity index (χ2n) is 9.88. The molecule has 0 spiro atoms. The highest BCUT2D eigenvalue weighted by atomic mass is 32.2. The fourth-order valence-electron chi connectivity index (χ4n) is 5.29. The first kappa shape index (κ1) is 25.4. The third-order valence-electron chi connectivity index (χ3n) is 7.04. The van der Waals surface area contributed by atoms with Crippen LogP contribution in [0.3, 0.4) is 0 Å². The summed E-state index contributed by atoms with van der Waals surface area (Å²) in [4.78, 5) is 40.5. The highest BCUT2D eigenvalue weighted by molar-refractivity contribution is 7.88. The van der Waals surface area contributed by atoms with Crippen molar-refractivity contribution in [3.05, 3.63) is 65.2 Å². The van der Waals surface area contributed by atoms with Crippen molar-refractivity contribution >= 4 is 27.7 Å². The first-order valence-corrected chi connectivity index (χ1v) is 14.2. The predicted molar refractivity (Wildman–Crippen MR) is 135 cm³/mol. The van der Waals surface area contributed by atoms with E-state index in [9.17, 15) is 22.8 Å². The molecular weight excluding hydrogens is 496 g/mol. The lowest BCUT2D eigenvalue weighted by Gasteiger charge is -2.38. The number of nitrogens with one attached hydrogen (secondary N) is 2. The smallest absolute Gasteiger partial charge is 0.255 e. The molecule has 2 aromatic carbocycles. The summed E-state index contributed by atoms with van der Waals surface area (Å²) in [5.41, 5.74) is 2.40. The third kappa shape index (κ3) is 5.84. The molecule has 10 nitrogen and oxygen atoms in total. The summed E-state index contributed by atoms with van der Waals surface area (Å²) in [6, 6.07) is 14.2. The number of hydrogen-bond donors (Lipinski definition) is 2. The van der Waals surface area contributed by atoms with Gasteiger partial charge in [0.25, 0.3) is 5.91 Å². The van der Waals surface area contributed by atoms with Gasteiger partial charge in [0.15, 0.2) is 0 Å². The minimum atomic E-state index is -3.43. The van der Waals surface area contributed by atoms with Crippen LogP contribution in [0, 0.1) is 0 Å². The average Bonchev–Trinajstić information content (AvgIpc) is 3.16. The largest absolute Gasteiger partial charge is 0.487 e. The fraction of sp³-hybridized carbons (Fsp3) is 0.423. The van der Waals surface area contributed by atoms with Crippen molar-refractivity contribution in [3.8, 4) is 5.75 Å². The summed E-state index contributed by atoms with van der Waals surface area (Å²) in [5.74, 6) is -0.501. The summed E-state index contributed by atoms with van der Waals surface area (Å²) < 4.78 is 33.1. The van der Waals surface area contributed by atoms with Gasteiger partial charge >= 0.3 is 0 Å². The van der Waals surface area contributed by atoms with Gasteiger partial charge in [-0.25, -0.2) is 13.1 Å². The van der Waals surface area contributed by atoms with E-state index in [2.05, 4.69) is 27.1 Å². The van der Waals surface area contributed by atoms with Crippen molar-refractivity contribution in [1.29, 1.82) is 0 Å². The van der Waals surface area contributed by atoms with Gasteiger partial charge in [0.1, 0.15) is 17.9 Å². The molecule has 0 aliphatic carbocycles. The molecule has 11 heteroatoms. The van der Waals surface area contributed by atoms with E-state index in [-0.39, 0.29) is 24.8 Å². The zero-order chi connectivity index (χ0) is 26.2. The lowest BCUT2D eigenvalue weighted by atomic mass is 10.0. The van der Waals surface area contributed by atoms with Crippen LogP contribution >= 0.6 is 0 Å². The molecule has 0 radical (unpaired) electrons. The van der Waals surface area contributed by atoms with Crippen molar-refractivity contribution in [2.24, 2.45) is 0 Å². The minimum Gasteiger partial charge on any atom is -0.487 e. The number of ether oxygens (including phenoxy) is 1. The van der Waals surface area contributed by atoms with Crippen LogP contribution in [0.1, 0.15) is 40.7 Å². The number of piperidine rings is 2. The molecule has 0 saturated carbocycles. The molecule has 2 N–H and O–H groups in total. The Labute approximate surface area is 216 Å². The predicted octanol–water partition coefficient (Wildman–Crippen LogP) is 1.02. The SMILES string of the molecule is CS(=O)(=O)N[C@@H]1CCN(Cc2ccccc2)C[C@H]1Oc1ccc2c(c1)CN(C1CCC(=O)NC1=O)C2=O. The van der Waals surface area contributed by atoms with Crippen molar-refractivity contribution in [3.63, 3.8) is 0 Å². The zero-order valence-electron chi connectivity index (χ0n) is 20.6. The first-order valence-electron chi connectivity index (χ1n) is 12.3. The Morgan fingerprint density at radius 3 is 2.59 bits per heavy atom. The molecular formula is C26H30N4O6S. The molecule has 0 bridgehead atoms. The number of likely N-dealkylation sites (tertiary alicyclic amines) is 1. The number of fused-ring (bicyclic) bond motifs is 1. The second-order valence-corrected chi connectivity index (χ2v) is 11.7. The maximum absolute atomic E-state index is 13.0. The molecule has 2 fully saturated rings. The Bertz CT molecular complexity index is 1320. The van der Waals surface area contributed by atoms with Crippen molar-refractivity contribution in [2.75, 3.05) is 19.3 Å². The van der Waals surface area contributed by atoms with Crippen LogP contribution in [-0.4, -0.2) is 73.5 Å². The zero-order valence-corrected chi connectivity index (χ0v) is 21.4. The summed E-state index contributed by atoms with van der Waals surface area (Å²) >= 11 is 0. The molecule has 0 aromatic heterocycles. The maximum atomic E-state index is 13.0. The van der Waals surface area contributed by atoms with E-state index in [0.717, 1.165) is 24.9 Å². The third-order valence-corrected chi connectivity index (χ3v) is 7.77. The van der Waals surface area contributed by atoms with E-state index in [1.165, 1.54) is 10.5 Å². The van der Waals surface area contributed by atoms with Crippen LogP contribution in [0.2, 0.25) is 0 Å². The number of benzene rings is 2. The summed E-state index contributed by atoms with van der Waals surface area (Å²) in [5, 5.41) is 2.31. The number of carbonyl (C=O) groups is 3. The Kier molecular flexibility index (Phi) is 7.02. The number of nitrogens with zero attached hydrogens (tertiary/aromatic N) is 2. The number of hydrogen-bond acceptors (Lipinski definition) is 7. The van der Waals surface area contributed by atoms with Gasteiger partial charge in [0, 0.05) is 38.2 Å². The molecule has 196 valence electrons. The Morgan fingerprint density at radius 1 is 1.08 bits per heavy atom. The van der Waals surface area contributed by atoms with Crippen LogP contribution < -0.4 is 14.8 Å². The van der Waals surface area contributed by atoms with Gasteiger partial charge in [0.05, 0.1) is 12.3 Å².